The molecule has 0 bridgehead atoms. The van der Waals surface area contributed by atoms with E-state index in [4.69, 9.17) is 0 Å². The summed E-state index contributed by atoms with van der Waals surface area (Å²) in [6.07, 6.45) is 3.10. The van der Waals surface area contributed by atoms with Crippen LogP contribution in [0.1, 0.15) is 59.6 Å². The number of aryl methyl sites for hydroxylation is 1. The fraction of sp³-hybridized carbons (Fsp3) is 0.333. The van der Waals surface area contributed by atoms with Gasteiger partial charge >= 0.3 is 6.18 Å². The van der Waals surface area contributed by atoms with Crippen molar-refractivity contribution in [2.45, 2.75) is 64.3 Å². The van der Waals surface area contributed by atoms with Gasteiger partial charge in [0.25, 0.3) is 0 Å². The van der Waals surface area contributed by atoms with Gasteiger partial charge in [0, 0.05) is 56.2 Å². The Morgan fingerprint density at radius 1 is 0.804 bits per heavy atom. The van der Waals surface area contributed by atoms with Crippen LogP contribution in [0.4, 0.5) is 13.2 Å². The molecule has 4 aromatic rings. The molecule has 0 aliphatic carbocycles. The summed E-state index contributed by atoms with van der Waals surface area (Å²) in [7, 11) is 0. The molecule has 1 saturated heterocycles. The van der Waals surface area contributed by atoms with Gasteiger partial charge in [-0.15, -0.1) is 0 Å². The van der Waals surface area contributed by atoms with Crippen LogP contribution in [0.2, 0.25) is 0 Å². The van der Waals surface area contributed by atoms with Gasteiger partial charge in [0.2, 0.25) is 11.8 Å². The van der Waals surface area contributed by atoms with Crippen LogP contribution in [0.15, 0.2) is 114 Å². The zero-order valence-corrected chi connectivity index (χ0v) is 30.6. The molecule has 1 aliphatic rings. The SMILES string of the molecule is CCCCCc1ccc(CN(C(=O)C=Cc2ccc(C(F)(F)F)cc2)[C@@H](Cc2ccccc2Br)C(=O)N2CCN(Cc3ccccc3)CC2)cc1. The summed E-state index contributed by atoms with van der Waals surface area (Å²) >= 11 is 3.65. The minimum absolute atomic E-state index is 0.127. The highest BCUT2D eigenvalue weighted by molar-refractivity contribution is 9.10. The van der Waals surface area contributed by atoms with Crippen molar-refractivity contribution < 1.29 is 22.8 Å². The second-order valence-corrected chi connectivity index (χ2v) is 13.9. The number of hydrogen-bond acceptors (Lipinski definition) is 3. The summed E-state index contributed by atoms with van der Waals surface area (Å²) in [6, 6.07) is 30.0. The zero-order valence-electron chi connectivity index (χ0n) is 29.0. The van der Waals surface area contributed by atoms with Crippen LogP contribution in [0, 0.1) is 0 Å². The average molecular weight is 761 g/mol. The maximum atomic E-state index is 14.6. The number of rotatable bonds is 14. The number of halogens is 4. The lowest BCUT2D eigenvalue weighted by molar-refractivity contribution is -0.145. The van der Waals surface area contributed by atoms with E-state index < -0.39 is 23.7 Å². The molecule has 5 nitrogen and oxygen atoms in total. The molecule has 1 atom stereocenters. The van der Waals surface area contributed by atoms with Crippen LogP contribution < -0.4 is 0 Å². The molecule has 5 rings (SSSR count). The van der Waals surface area contributed by atoms with Crippen molar-refractivity contribution in [1.82, 2.24) is 14.7 Å². The first-order valence-electron chi connectivity index (χ1n) is 17.6. The minimum atomic E-state index is -4.45. The Balaban J connectivity index is 1.42. The zero-order chi connectivity index (χ0) is 36.2. The van der Waals surface area contributed by atoms with Crippen molar-refractivity contribution >= 4 is 33.8 Å². The van der Waals surface area contributed by atoms with Gasteiger partial charge in [-0.05, 0) is 64.9 Å². The number of amides is 2. The molecule has 1 heterocycles. The third-order valence-electron chi connectivity index (χ3n) is 9.35. The van der Waals surface area contributed by atoms with E-state index in [9.17, 15) is 22.8 Å². The molecule has 0 aromatic heterocycles. The Hall–Kier alpha value is -4.21. The number of piperazine rings is 1. The summed E-state index contributed by atoms with van der Waals surface area (Å²) < 4.78 is 40.4. The molecule has 1 fully saturated rings. The summed E-state index contributed by atoms with van der Waals surface area (Å²) in [5.41, 5.74) is 3.93. The predicted molar refractivity (Wildman–Crippen MR) is 201 cm³/mol. The molecule has 4 aromatic carbocycles. The fourth-order valence-corrected chi connectivity index (χ4v) is 6.80. The number of carbonyl (C=O) groups is 2. The van der Waals surface area contributed by atoms with Crippen LogP contribution in [-0.4, -0.2) is 58.7 Å². The maximum absolute atomic E-state index is 14.6. The minimum Gasteiger partial charge on any atom is -0.338 e. The molecule has 51 heavy (non-hydrogen) atoms. The number of unbranched alkanes of at least 4 members (excludes halogenated alkanes) is 2. The molecule has 0 radical (unpaired) electrons. The lowest BCUT2D eigenvalue weighted by atomic mass is 10.0. The van der Waals surface area contributed by atoms with Gasteiger partial charge in [-0.3, -0.25) is 14.5 Å². The number of benzene rings is 4. The van der Waals surface area contributed by atoms with Crippen LogP contribution >= 0.6 is 15.9 Å². The standard InChI is InChI=1S/C42H45BrF3N3O2/c1-2-3-5-10-32-15-17-35(18-16-32)31-49(40(50)24-21-33-19-22-37(23-20-33)42(44,45)46)39(29-36-13-8-9-14-38(36)43)41(51)48-27-25-47(26-28-48)30-34-11-6-4-7-12-34/h4,6-9,11-24,39H,2-3,5,10,25-31H2,1H3/t39-/m0/s1. The number of hydrogen-bond donors (Lipinski definition) is 0. The van der Waals surface area contributed by atoms with E-state index >= 15 is 0 Å². The van der Waals surface area contributed by atoms with Gasteiger partial charge in [-0.2, -0.15) is 13.2 Å². The molecule has 9 heteroatoms. The number of nitrogens with zero attached hydrogens (tertiary/aromatic N) is 3. The van der Waals surface area contributed by atoms with E-state index in [0.717, 1.165) is 60.0 Å². The topological polar surface area (TPSA) is 43.9 Å². The first kappa shape index (κ1) is 38.0. The van der Waals surface area contributed by atoms with Crippen LogP contribution in [0.3, 0.4) is 0 Å². The third kappa shape index (κ3) is 11.1. The molecule has 0 N–H and O–H groups in total. The highest BCUT2D eigenvalue weighted by atomic mass is 79.9. The monoisotopic (exact) mass is 759 g/mol. The molecule has 268 valence electrons. The Kier molecular flexibility index (Phi) is 13.7. The summed E-state index contributed by atoms with van der Waals surface area (Å²) in [5.74, 6) is -0.521. The Morgan fingerprint density at radius 3 is 2.10 bits per heavy atom. The second-order valence-electron chi connectivity index (χ2n) is 13.1. The number of carbonyl (C=O) groups excluding carboxylic acids is 2. The van der Waals surface area contributed by atoms with E-state index in [1.165, 1.54) is 35.4 Å². The van der Waals surface area contributed by atoms with Crippen molar-refractivity contribution in [2.24, 2.45) is 0 Å². The largest absolute Gasteiger partial charge is 0.416 e. The molecule has 0 saturated carbocycles. The van der Waals surface area contributed by atoms with E-state index in [0.29, 0.717) is 38.2 Å². The molecular weight excluding hydrogens is 715 g/mol. The molecular formula is C42H45BrF3N3O2. The molecule has 0 spiro atoms. The molecule has 1 aliphatic heterocycles. The van der Waals surface area contributed by atoms with Crippen molar-refractivity contribution in [3.05, 3.63) is 147 Å². The van der Waals surface area contributed by atoms with Crippen molar-refractivity contribution in [1.29, 1.82) is 0 Å². The van der Waals surface area contributed by atoms with Crippen LogP contribution in [0.25, 0.3) is 6.08 Å². The van der Waals surface area contributed by atoms with E-state index in [2.05, 4.69) is 52.0 Å². The van der Waals surface area contributed by atoms with Crippen molar-refractivity contribution in [2.75, 3.05) is 26.2 Å². The van der Waals surface area contributed by atoms with Gasteiger partial charge in [-0.1, -0.05) is 121 Å². The predicted octanol–water partition coefficient (Wildman–Crippen LogP) is 9.20. The van der Waals surface area contributed by atoms with Crippen LogP contribution in [0.5, 0.6) is 0 Å². The van der Waals surface area contributed by atoms with E-state index in [1.54, 1.807) is 4.90 Å². The second kappa shape index (κ2) is 18.3. The summed E-state index contributed by atoms with van der Waals surface area (Å²) in [4.78, 5) is 34.6. The molecule has 2 amide bonds. The lowest BCUT2D eigenvalue weighted by Gasteiger charge is -2.39. The highest BCUT2D eigenvalue weighted by Crippen LogP contribution is 2.29. The van der Waals surface area contributed by atoms with Gasteiger partial charge in [-0.25, -0.2) is 0 Å². The first-order chi connectivity index (χ1) is 24.6. The highest BCUT2D eigenvalue weighted by Gasteiger charge is 2.35. The molecule has 0 unspecified atom stereocenters. The van der Waals surface area contributed by atoms with Crippen molar-refractivity contribution in [3.63, 3.8) is 0 Å². The van der Waals surface area contributed by atoms with Crippen molar-refractivity contribution in [3.8, 4) is 0 Å². The summed E-state index contributed by atoms with van der Waals surface area (Å²) in [5, 5.41) is 0. The van der Waals surface area contributed by atoms with Gasteiger partial charge in [0.05, 0.1) is 5.56 Å². The third-order valence-corrected chi connectivity index (χ3v) is 10.1. The Bertz CT molecular complexity index is 1740. The number of alkyl halides is 3. The first-order valence-corrected chi connectivity index (χ1v) is 18.4. The van der Waals surface area contributed by atoms with Gasteiger partial charge in [0.15, 0.2) is 0 Å². The maximum Gasteiger partial charge on any atom is 0.416 e. The lowest BCUT2D eigenvalue weighted by Crippen LogP contribution is -2.56. The Morgan fingerprint density at radius 2 is 1.45 bits per heavy atom. The Labute approximate surface area is 307 Å². The smallest absolute Gasteiger partial charge is 0.338 e. The van der Waals surface area contributed by atoms with Gasteiger partial charge in [0.1, 0.15) is 6.04 Å². The van der Waals surface area contributed by atoms with Crippen LogP contribution in [-0.2, 0) is 41.7 Å². The van der Waals surface area contributed by atoms with E-state index in [-0.39, 0.29) is 12.5 Å². The van der Waals surface area contributed by atoms with E-state index in [1.807, 2.05) is 59.5 Å². The fourth-order valence-electron chi connectivity index (χ4n) is 6.36. The normalized spacial score (nSPS) is 14.5. The quantitative estimate of drug-likeness (QED) is 0.0952. The van der Waals surface area contributed by atoms with Gasteiger partial charge < -0.3 is 9.80 Å². The average Bonchev–Trinajstić information content (AvgIpc) is 3.14. The summed E-state index contributed by atoms with van der Waals surface area (Å²) in [6.45, 7) is 5.67.